The molecule has 0 saturated heterocycles. The Bertz CT molecular complexity index is 924. The number of thiocarbonyl (C=S) groups is 1. The number of carbonyl (C=O) groups is 2. The summed E-state index contributed by atoms with van der Waals surface area (Å²) in [5.41, 5.74) is 1.97. The second-order valence-corrected chi connectivity index (χ2v) is 8.04. The first-order valence-electron chi connectivity index (χ1n) is 9.69. The van der Waals surface area contributed by atoms with Crippen LogP contribution >= 0.6 is 23.6 Å². The van der Waals surface area contributed by atoms with E-state index in [1.54, 1.807) is 24.3 Å². The van der Waals surface area contributed by atoms with Gasteiger partial charge in [0, 0.05) is 17.0 Å². The molecular weight excluding hydrogens is 424 g/mol. The van der Waals surface area contributed by atoms with Crippen molar-refractivity contribution < 1.29 is 23.8 Å². The van der Waals surface area contributed by atoms with Crippen molar-refractivity contribution in [3.05, 3.63) is 45.8 Å². The van der Waals surface area contributed by atoms with Crippen molar-refractivity contribution in [3.63, 3.8) is 0 Å². The van der Waals surface area contributed by atoms with Gasteiger partial charge in [-0.2, -0.15) is 0 Å². The van der Waals surface area contributed by atoms with E-state index in [0.717, 1.165) is 29.7 Å². The Hall–Kier alpha value is -2.49. The van der Waals surface area contributed by atoms with Gasteiger partial charge in [0.1, 0.15) is 17.4 Å². The van der Waals surface area contributed by atoms with Crippen molar-refractivity contribution in [2.45, 2.75) is 26.2 Å². The highest BCUT2D eigenvalue weighted by molar-refractivity contribution is 7.80. The van der Waals surface area contributed by atoms with Gasteiger partial charge in [-0.25, -0.2) is 4.79 Å². The number of fused-ring (bicyclic) bond motifs is 1. The Morgan fingerprint density at radius 1 is 1.17 bits per heavy atom. The Morgan fingerprint density at radius 2 is 1.93 bits per heavy atom. The first-order chi connectivity index (χ1) is 14.5. The highest BCUT2D eigenvalue weighted by atomic mass is 32.1. The fourth-order valence-electron chi connectivity index (χ4n) is 3.19. The molecule has 0 atom stereocenters. The molecule has 1 amide bonds. The zero-order valence-corrected chi connectivity index (χ0v) is 18.5. The summed E-state index contributed by atoms with van der Waals surface area (Å²) in [4.78, 5) is 25.9. The number of thiophene rings is 1. The standard InChI is InChI=1S/C21H24N2O5S2/c1-3-27-11-12-28-14-9-7-13(8-10-14)18(24)22-21(29)23-19-17(20(25)26-2)15-5-4-6-16(15)30-19/h7-10H,3-6,11-12H2,1-2H3,(H2,22,23,24,29). The number of rotatable bonds is 8. The lowest BCUT2D eigenvalue weighted by molar-refractivity contribution is 0.0601. The van der Waals surface area contributed by atoms with Gasteiger partial charge in [-0.3, -0.25) is 10.1 Å². The molecule has 1 aromatic carbocycles. The number of amides is 1. The largest absolute Gasteiger partial charge is 0.491 e. The minimum atomic E-state index is -0.397. The van der Waals surface area contributed by atoms with Crippen LogP contribution in [-0.4, -0.2) is 43.9 Å². The maximum Gasteiger partial charge on any atom is 0.341 e. The van der Waals surface area contributed by atoms with Crippen molar-refractivity contribution in [1.29, 1.82) is 0 Å². The van der Waals surface area contributed by atoms with E-state index < -0.39 is 5.97 Å². The smallest absolute Gasteiger partial charge is 0.341 e. The molecule has 0 unspecified atom stereocenters. The lowest BCUT2D eigenvalue weighted by Crippen LogP contribution is -2.34. The number of benzene rings is 1. The van der Waals surface area contributed by atoms with Gasteiger partial charge in [0.05, 0.1) is 19.3 Å². The van der Waals surface area contributed by atoms with Gasteiger partial charge in [-0.1, -0.05) is 0 Å². The quantitative estimate of drug-likeness (QED) is 0.363. The van der Waals surface area contributed by atoms with E-state index in [1.807, 2.05) is 6.92 Å². The highest BCUT2D eigenvalue weighted by Gasteiger charge is 2.27. The molecular formula is C21H24N2O5S2. The second-order valence-electron chi connectivity index (χ2n) is 6.53. The summed E-state index contributed by atoms with van der Waals surface area (Å²) in [6.45, 7) is 3.53. The van der Waals surface area contributed by atoms with Crippen LogP contribution in [0.2, 0.25) is 0 Å². The SMILES string of the molecule is CCOCCOc1ccc(C(=O)NC(=S)Nc2sc3c(c2C(=O)OC)CCC3)cc1. The molecule has 2 aromatic rings. The molecule has 0 spiro atoms. The van der Waals surface area contributed by atoms with Crippen LogP contribution in [0.4, 0.5) is 5.00 Å². The molecule has 1 aromatic heterocycles. The van der Waals surface area contributed by atoms with Crippen molar-refractivity contribution >= 4 is 45.5 Å². The molecule has 0 aliphatic heterocycles. The third-order valence-corrected chi connectivity index (χ3v) is 5.99. The van der Waals surface area contributed by atoms with Crippen LogP contribution in [0.3, 0.4) is 0 Å². The average molecular weight is 449 g/mol. The van der Waals surface area contributed by atoms with Gasteiger partial charge < -0.3 is 19.5 Å². The highest BCUT2D eigenvalue weighted by Crippen LogP contribution is 2.39. The van der Waals surface area contributed by atoms with Gasteiger partial charge in [-0.15, -0.1) is 11.3 Å². The van der Waals surface area contributed by atoms with E-state index in [9.17, 15) is 9.59 Å². The van der Waals surface area contributed by atoms with Crippen LogP contribution < -0.4 is 15.4 Å². The normalized spacial score (nSPS) is 12.2. The molecule has 0 bridgehead atoms. The molecule has 30 heavy (non-hydrogen) atoms. The lowest BCUT2D eigenvalue weighted by atomic mass is 10.1. The Balaban J connectivity index is 1.59. The van der Waals surface area contributed by atoms with E-state index >= 15 is 0 Å². The predicted octanol–water partition coefficient (Wildman–Crippen LogP) is 3.57. The maximum atomic E-state index is 12.5. The number of ether oxygens (including phenoxy) is 3. The first-order valence-corrected chi connectivity index (χ1v) is 10.9. The van der Waals surface area contributed by atoms with Gasteiger partial charge >= 0.3 is 5.97 Å². The van der Waals surface area contributed by atoms with Crippen molar-refractivity contribution in [2.24, 2.45) is 0 Å². The molecule has 7 nitrogen and oxygen atoms in total. The van der Waals surface area contributed by atoms with Crippen LogP contribution in [0.1, 0.15) is 44.5 Å². The number of esters is 1. The molecule has 1 aliphatic rings. The number of anilines is 1. The second kappa shape index (κ2) is 10.5. The average Bonchev–Trinajstić information content (AvgIpc) is 3.31. The molecule has 0 radical (unpaired) electrons. The number of carbonyl (C=O) groups excluding carboxylic acids is 2. The molecule has 3 rings (SSSR count). The van der Waals surface area contributed by atoms with Crippen LogP contribution in [0.25, 0.3) is 0 Å². The monoisotopic (exact) mass is 448 g/mol. The summed E-state index contributed by atoms with van der Waals surface area (Å²) in [6, 6.07) is 6.76. The summed E-state index contributed by atoms with van der Waals surface area (Å²) in [7, 11) is 1.36. The summed E-state index contributed by atoms with van der Waals surface area (Å²) >= 11 is 6.76. The number of hydrogen-bond acceptors (Lipinski definition) is 7. The van der Waals surface area contributed by atoms with E-state index in [1.165, 1.54) is 18.4 Å². The molecule has 0 saturated carbocycles. The minimum absolute atomic E-state index is 0.127. The molecule has 9 heteroatoms. The van der Waals surface area contributed by atoms with E-state index in [0.29, 0.717) is 41.7 Å². The van der Waals surface area contributed by atoms with Crippen LogP contribution in [-0.2, 0) is 22.3 Å². The van der Waals surface area contributed by atoms with Crippen LogP contribution in [0, 0.1) is 0 Å². The number of nitrogens with one attached hydrogen (secondary N) is 2. The minimum Gasteiger partial charge on any atom is -0.491 e. The molecule has 2 N–H and O–H groups in total. The maximum absolute atomic E-state index is 12.5. The van der Waals surface area contributed by atoms with Crippen LogP contribution in [0.15, 0.2) is 24.3 Å². The topological polar surface area (TPSA) is 85.9 Å². The Labute approximate surface area is 184 Å². The van der Waals surface area contributed by atoms with Crippen molar-refractivity contribution in [3.8, 4) is 5.75 Å². The van der Waals surface area contributed by atoms with Gasteiger partial charge in [-0.05, 0) is 68.2 Å². The predicted molar refractivity (Wildman–Crippen MR) is 120 cm³/mol. The Morgan fingerprint density at radius 3 is 2.63 bits per heavy atom. The molecule has 1 aliphatic carbocycles. The zero-order valence-electron chi connectivity index (χ0n) is 16.9. The van der Waals surface area contributed by atoms with E-state index in [2.05, 4.69) is 10.6 Å². The summed E-state index contributed by atoms with van der Waals surface area (Å²) in [5.74, 6) is -0.0918. The Kier molecular flexibility index (Phi) is 7.78. The zero-order chi connectivity index (χ0) is 21.5. The molecule has 160 valence electrons. The van der Waals surface area contributed by atoms with Gasteiger partial charge in [0.25, 0.3) is 5.91 Å². The number of methoxy groups -OCH3 is 1. The third kappa shape index (κ3) is 5.35. The lowest BCUT2D eigenvalue weighted by Gasteiger charge is -2.11. The number of hydrogen-bond donors (Lipinski definition) is 2. The van der Waals surface area contributed by atoms with E-state index in [-0.39, 0.29) is 11.0 Å². The summed E-state index contributed by atoms with van der Waals surface area (Å²) in [5, 5.41) is 6.37. The van der Waals surface area contributed by atoms with Gasteiger partial charge in [0.2, 0.25) is 0 Å². The molecule has 1 heterocycles. The summed E-state index contributed by atoms with van der Waals surface area (Å²) in [6.07, 6.45) is 2.80. The van der Waals surface area contributed by atoms with Crippen molar-refractivity contribution in [2.75, 3.05) is 32.2 Å². The molecule has 0 fully saturated rings. The first kappa shape index (κ1) is 22.2. The van der Waals surface area contributed by atoms with Gasteiger partial charge in [0.15, 0.2) is 5.11 Å². The fourth-order valence-corrected chi connectivity index (χ4v) is 4.73. The number of aryl methyl sites for hydroxylation is 1. The van der Waals surface area contributed by atoms with Crippen LogP contribution in [0.5, 0.6) is 5.75 Å². The summed E-state index contributed by atoms with van der Waals surface area (Å²) < 4.78 is 15.7. The fraction of sp³-hybridized carbons (Fsp3) is 0.381. The van der Waals surface area contributed by atoms with Crippen molar-refractivity contribution in [1.82, 2.24) is 5.32 Å². The van der Waals surface area contributed by atoms with E-state index in [4.69, 9.17) is 26.4 Å². The third-order valence-electron chi connectivity index (χ3n) is 4.58.